The molecule has 1 unspecified atom stereocenters. The number of hydrogen-bond donors (Lipinski definition) is 0. The maximum atomic E-state index is 13.4. The van der Waals surface area contributed by atoms with E-state index in [0.717, 1.165) is 55.8 Å². The Morgan fingerprint density at radius 2 is 1.88 bits per heavy atom. The summed E-state index contributed by atoms with van der Waals surface area (Å²) in [7, 11) is -0.172. The molecule has 2 aliphatic rings. The van der Waals surface area contributed by atoms with Crippen LogP contribution in [-0.2, 0) is 22.9 Å². The first-order valence-electron chi connectivity index (χ1n) is 12.0. The molecule has 0 fully saturated rings. The molecule has 1 heterocycles. The summed E-state index contributed by atoms with van der Waals surface area (Å²) in [4.78, 5) is 2.87. The second-order valence-corrected chi connectivity index (χ2v) is 11.5. The van der Waals surface area contributed by atoms with Gasteiger partial charge in [-0.3, -0.25) is 4.90 Å². The molecule has 8 heteroatoms. The summed E-state index contributed by atoms with van der Waals surface area (Å²) in [6, 6.07) is 5.93. The van der Waals surface area contributed by atoms with Crippen molar-refractivity contribution < 1.29 is 17.9 Å². The Balaban J connectivity index is 1.47. The van der Waals surface area contributed by atoms with Crippen molar-refractivity contribution in [3.8, 4) is 11.5 Å². The lowest BCUT2D eigenvalue weighted by atomic mass is 9.92. The van der Waals surface area contributed by atoms with Gasteiger partial charge in [0.2, 0.25) is 10.0 Å². The number of ether oxygens (including phenoxy) is 2. The van der Waals surface area contributed by atoms with Gasteiger partial charge in [0, 0.05) is 42.8 Å². The SMILES string of the molecule is CCN(CCCN1CCc2cc(OC)c(OC)c3c2C1CC3)S(=O)(=O)c1cc(C)c(Cl)cc1C. The monoisotopic (exact) mass is 506 g/mol. The molecule has 2 aromatic rings. The number of rotatable bonds is 9. The molecule has 0 saturated heterocycles. The zero-order valence-electron chi connectivity index (χ0n) is 20.8. The molecule has 1 aliphatic carbocycles. The van der Waals surface area contributed by atoms with E-state index in [1.807, 2.05) is 13.8 Å². The Kier molecular flexibility index (Phi) is 7.48. The third-order valence-corrected chi connectivity index (χ3v) is 9.81. The highest BCUT2D eigenvalue weighted by Crippen LogP contribution is 2.48. The van der Waals surface area contributed by atoms with Crippen LogP contribution in [0, 0.1) is 13.8 Å². The van der Waals surface area contributed by atoms with Crippen LogP contribution in [0.15, 0.2) is 23.1 Å². The van der Waals surface area contributed by atoms with Crippen LogP contribution in [0.3, 0.4) is 0 Å². The highest BCUT2D eigenvalue weighted by molar-refractivity contribution is 7.89. The van der Waals surface area contributed by atoms with E-state index in [4.69, 9.17) is 21.1 Å². The first-order chi connectivity index (χ1) is 16.2. The Morgan fingerprint density at radius 1 is 1.12 bits per heavy atom. The second kappa shape index (κ2) is 10.1. The van der Waals surface area contributed by atoms with Crippen LogP contribution in [0.4, 0.5) is 0 Å². The fourth-order valence-corrected chi connectivity index (χ4v) is 7.56. The minimum atomic E-state index is -3.57. The predicted molar refractivity (Wildman–Crippen MR) is 136 cm³/mol. The van der Waals surface area contributed by atoms with Gasteiger partial charge in [0.1, 0.15) is 0 Å². The minimum absolute atomic E-state index is 0.352. The van der Waals surface area contributed by atoms with Gasteiger partial charge in [0.25, 0.3) is 0 Å². The van der Waals surface area contributed by atoms with Crippen LogP contribution in [0.25, 0.3) is 0 Å². The van der Waals surface area contributed by atoms with E-state index in [2.05, 4.69) is 11.0 Å². The lowest BCUT2D eigenvalue weighted by Crippen LogP contribution is -2.38. The van der Waals surface area contributed by atoms with Crippen molar-refractivity contribution in [3.05, 3.63) is 51.0 Å². The molecule has 1 atom stereocenters. The van der Waals surface area contributed by atoms with E-state index >= 15 is 0 Å². The predicted octanol–water partition coefficient (Wildman–Crippen LogP) is 4.92. The van der Waals surface area contributed by atoms with E-state index in [1.165, 1.54) is 16.7 Å². The van der Waals surface area contributed by atoms with Crippen LogP contribution < -0.4 is 9.47 Å². The van der Waals surface area contributed by atoms with Crippen molar-refractivity contribution in [2.45, 2.75) is 57.4 Å². The minimum Gasteiger partial charge on any atom is -0.493 e. The molecule has 6 nitrogen and oxygen atoms in total. The lowest BCUT2D eigenvalue weighted by molar-refractivity contribution is 0.179. The van der Waals surface area contributed by atoms with Crippen LogP contribution >= 0.6 is 11.6 Å². The number of methoxy groups -OCH3 is 2. The van der Waals surface area contributed by atoms with Crippen LogP contribution in [-0.4, -0.2) is 58.0 Å². The van der Waals surface area contributed by atoms with Gasteiger partial charge < -0.3 is 9.47 Å². The van der Waals surface area contributed by atoms with E-state index in [1.54, 1.807) is 37.6 Å². The molecule has 2 aromatic carbocycles. The van der Waals surface area contributed by atoms with E-state index in [9.17, 15) is 8.42 Å². The largest absolute Gasteiger partial charge is 0.493 e. The highest BCUT2D eigenvalue weighted by Gasteiger charge is 2.37. The Morgan fingerprint density at radius 3 is 2.56 bits per heavy atom. The van der Waals surface area contributed by atoms with Crippen molar-refractivity contribution in [2.24, 2.45) is 0 Å². The van der Waals surface area contributed by atoms with Crippen LogP contribution in [0.5, 0.6) is 11.5 Å². The van der Waals surface area contributed by atoms with Gasteiger partial charge in [-0.1, -0.05) is 18.5 Å². The summed E-state index contributed by atoms with van der Waals surface area (Å²) in [5.74, 6) is 1.68. The molecule has 0 aromatic heterocycles. The average molecular weight is 507 g/mol. The summed E-state index contributed by atoms with van der Waals surface area (Å²) >= 11 is 6.19. The number of nitrogens with zero attached hydrogens (tertiary/aromatic N) is 2. The van der Waals surface area contributed by atoms with Gasteiger partial charge in [-0.25, -0.2) is 8.42 Å². The summed E-state index contributed by atoms with van der Waals surface area (Å²) in [5.41, 5.74) is 5.49. The maximum absolute atomic E-state index is 13.4. The number of halogens is 1. The van der Waals surface area contributed by atoms with Crippen molar-refractivity contribution in [1.29, 1.82) is 0 Å². The van der Waals surface area contributed by atoms with Gasteiger partial charge in [-0.05, 0) is 80.0 Å². The molecule has 34 heavy (non-hydrogen) atoms. The summed E-state index contributed by atoms with van der Waals surface area (Å²) < 4.78 is 39.7. The fourth-order valence-electron chi connectivity index (χ4n) is 5.56. The number of benzene rings is 2. The zero-order chi connectivity index (χ0) is 24.6. The zero-order valence-corrected chi connectivity index (χ0v) is 22.4. The lowest BCUT2D eigenvalue weighted by Gasteiger charge is -2.36. The van der Waals surface area contributed by atoms with Crippen molar-refractivity contribution >= 4 is 21.6 Å². The van der Waals surface area contributed by atoms with Crippen molar-refractivity contribution in [3.63, 3.8) is 0 Å². The average Bonchev–Trinajstić information content (AvgIpc) is 3.26. The summed E-state index contributed by atoms with van der Waals surface area (Å²) in [6.07, 6.45) is 3.80. The number of hydrogen-bond acceptors (Lipinski definition) is 5. The maximum Gasteiger partial charge on any atom is 0.243 e. The molecule has 1 aliphatic heterocycles. The normalized spacial score (nSPS) is 17.8. The fraction of sp³-hybridized carbons (Fsp3) is 0.538. The van der Waals surface area contributed by atoms with Crippen LogP contribution in [0.1, 0.15) is 53.6 Å². The molecule has 186 valence electrons. The first-order valence-corrected chi connectivity index (χ1v) is 13.8. The van der Waals surface area contributed by atoms with Crippen molar-refractivity contribution in [1.82, 2.24) is 9.21 Å². The third kappa shape index (κ3) is 4.43. The molecule has 0 saturated carbocycles. The molecular weight excluding hydrogens is 472 g/mol. The van der Waals surface area contributed by atoms with Gasteiger partial charge in [0.05, 0.1) is 19.1 Å². The third-order valence-electron chi connectivity index (χ3n) is 7.29. The van der Waals surface area contributed by atoms with Crippen LogP contribution in [0.2, 0.25) is 5.02 Å². The van der Waals surface area contributed by atoms with Gasteiger partial charge >= 0.3 is 0 Å². The van der Waals surface area contributed by atoms with E-state index in [-0.39, 0.29) is 0 Å². The topological polar surface area (TPSA) is 59.1 Å². The number of sulfonamides is 1. The quantitative estimate of drug-likeness (QED) is 0.483. The molecule has 0 amide bonds. The molecule has 0 bridgehead atoms. The van der Waals surface area contributed by atoms with Gasteiger partial charge in [-0.2, -0.15) is 4.31 Å². The smallest absolute Gasteiger partial charge is 0.243 e. The van der Waals surface area contributed by atoms with Gasteiger partial charge in [-0.15, -0.1) is 0 Å². The molecular formula is C26H35ClN2O4S. The molecule has 0 N–H and O–H groups in total. The summed E-state index contributed by atoms with van der Waals surface area (Å²) in [6.45, 7) is 8.31. The Labute approximate surface area is 208 Å². The van der Waals surface area contributed by atoms with E-state index in [0.29, 0.717) is 34.6 Å². The van der Waals surface area contributed by atoms with Crippen molar-refractivity contribution in [2.75, 3.05) is 40.4 Å². The van der Waals surface area contributed by atoms with E-state index < -0.39 is 10.0 Å². The Hall–Kier alpha value is -1.80. The first kappa shape index (κ1) is 25.3. The Bertz CT molecular complexity index is 1180. The molecule has 0 radical (unpaired) electrons. The number of aryl methyl sites for hydroxylation is 2. The summed E-state index contributed by atoms with van der Waals surface area (Å²) in [5, 5.41) is 0.593. The molecule has 0 spiro atoms. The standard InChI is InChI=1S/C26H35ClN2O4S/c1-6-29(34(30,31)24-15-17(2)21(27)14-18(24)3)12-7-11-28-13-10-19-16-23(32-4)26(33-5)20-8-9-22(28)25(19)20/h14-16,22H,6-13H2,1-5H3. The highest BCUT2D eigenvalue weighted by atomic mass is 35.5. The second-order valence-electron chi connectivity index (χ2n) is 9.22. The molecule has 4 rings (SSSR count). The van der Waals surface area contributed by atoms with Gasteiger partial charge in [0.15, 0.2) is 11.5 Å².